The van der Waals surface area contributed by atoms with Crippen molar-refractivity contribution in [2.75, 3.05) is 6.61 Å². The van der Waals surface area contributed by atoms with Crippen LogP contribution in [0.5, 0.6) is 0 Å². The number of hydrogen-bond donors (Lipinski definition) is 2. The minimum atomic E-state index is 0. The summed E-state index contributed by atoms with van der Waals surface area (Å²) in [7, 11) is 0. The maximum absolute atomic E-state index is 7.38. The molecule has 0 aliphatic heterocycles. The fraction of sp³-hybridized carbons (Fsp3) is 0.600. The minimum absolute atomic E-state index is 0. The molecule has 3 nitrogen and oxygen atoms in total. The topological polar surface area (TPSA) is 55.5 Å². The Hall–Kier alpha value is 0.632. The third kappa shape index (κ3) is 5.48. The van der Waals surface area contributed by atoms with Gasteiger partial charge in [-0.25, -0.2) is 4.89 Å². The summed E-state index contributed by atoms with van der Waals surface area (Å²) in [5.41, 5.74) is 8.64. The predicted octanol–water partition coefficient (Wildman–Crippen LogP) is 1.86. The molecule has 3 N–H and O–H groups in total. The summed E-state index contributed by atoms with van der Waals surface area (Å²) in [5.74, 6) is 0. The number of nitrogens with two attached hydrogens (primary N) is 1. The Morgan fingerprint density at radius 2 is 2.40 bits per heavy atom. The zero-order valence-corrected chi connectivity index (χ0v) is 13.8. The summed E-state index contributed by atoms with van der Waals surface area (Å²) in [5, 5.41) is 12.8. The average molecular weight is 452 g/mol. The van der Waals surface area contributed by atoms with E-state index in [1.807, 2.05) is 0 Å². The number of fused-ring (bicyclic) bond motifs is 1. The molecule has 0 aromatic carbocycles. The molecule has 1 heterocycles. The summed E-state index contributed by atoms with van der Waals surface area (Å²) in [6.07, 6.45) is 3.34. The third-order valence-corrected chi connectivity index (χ3v) is 2.91. The molecule has 0 saturated carbocycles. The molecule has 0 amide bonds. The number of thiophene rings is 1. The van der Waals surface area contributed by atoms with E-state index < -0.39 is 0 Å². The second-order valence-electron chi connectivity index (χ2n) is 3.26. The molecule has 0 fully saturated rings. The fourth-order valence-corrected chi connectivity index (χ4v) is 2.22. The molecule has 1 aromatic heterocycles. The molecule has 1 atom stereocenters. The van der Waals surface area contributed by atoms with Crippen molar-refractivity contribution in [3.63, 3.8) is 0 Å². The van der Waals surface area contributed by atoms with Crippen LogP contribution in [-0.4, -0.2) is 17.9 Å². The molecule has 1 unspecified atom stereocenters. The van der Waals surface area contributed by atoms with E-state index in [0.29, 0.717) is 12.6 Å². The SMILES string of the molecule is CCOO.NC1CCc2[c-]scc2C1.[U]. The van der Waals surface area contributed by atoms with Gasteiger partial charge in [-0.2, -0.15) is 16.5 Å². The molecule has 0 saturated heterocycles. The molecular weight excluding hydrogens is 436 g/mol. The Bertz CT molecular complexity index is 266. The summed E-state index contributed by atoms with van der Waals surface area (Å²) in [6, 6.07) is 0.399. The van der Waals surface area contributed by atoms with E-state index in [1.54, 1.807) is 18.3 Å². The molecule has 1 aromatic rings. The quantitative estimate of drug-likeness (QED) is 0.389. The van der Waals surface area contributed by atoms with Crippen molar-refractivity contribution in [2.24, 2.45) is 5.73 Å². The normalized spacial score (nSPS) is 18.2. The average Bonchev–Trinajstić information content (AvgIpc) is 2.65. The molecule has 0 spiro atoms. The van der Waals surface area contributed by atoms with Crippen molar-refractivity contribution in [1.29, 1.82) is 0 Å². The van der Waals surface area contributed by atoms with E-state index in [2.05, 4.69) is 15.6 Å². The van der Waals surface area contributed by atoms with E-state index in [0.717, 1.165) is 19.3 Å². The Morgan fingerprint density at radius 3 is 3.00 bits per heavy atom. The van der Waals surface area contributed by atoms with Gasteiger partial charge in [0.1, 0.15) is 0 Å². The van der Waals surface area contributed by atoms with Crippen LogP contribution in [0, 0.1) is 36.5 Å². The molecule has 1 aliphatic rings. The van der Waals surface area contributed by atoms with Gasteiger partial charge in [0.2, 0.25) is 0 Å². The zero-order valence-electron chi connectivity index (χ0n) is 8.82. The van der Waals surface area contributed by atoms with E-state index in [-0.39, 0.29) is 31.1 Å². The van der Waals surface area contributed by atoms with Crippen LogP contribution in [0.15, 0.2) is 5.38 Å². The van der Waals surface area contributed by atoms with Crippen LogP contribution in [0.4, 0.5) is 0 Å². The molecule has 5 heteroatoms. The molecule has 0 radical (unpaired) electrons. The molecule has 2 rings (SSSR count). The first-order chi connectivity index (χ1) is 6.77. The van der Waals surface area contributed by atoms with Gasteiger partial charge in [0, 0.05) is 31.1 Å². The summed E-state index contributed by atoms with van der Waals surface area (Å²) in [6.45, 7) is 2.08. The van der Waals surface area contributed by atoms with Gasteiger partial charge in [0.05, 0.1) is 6.61 Å². The van der Waals surface area contributed by atoms with Crippen LogP contribution in [0.2, 0.25) is 0 Å². The summed E-state index contributed by atoms with van der Waals surface area (Å²) >= 11 is 1.68. The van der Waals surface area contributed by atoms with Crippen LogP contribution in [-0.2, 0) is 17.7 Å². The maximum atomic E-state index is 7.38. The number of rotatable bonds is 1. The van der Waals surface area contributed by atoms with Gasteiger partial charge < -0.3 is 17.1 Å². The molecule has 15 heavy (non-hydrogen) atoms. The van der Waals surface area contributed by atoms with Crippen LogP contribution in [0.25, 0.3) is 0 Å². The number of hydrogen-bond acceptors (Lipinski definition) is 4. The molecule has 0 bridgehead atoms. The van der Waals surface area contributed by atoms with Crippen LogP contribution < -0.4 is 5.73 Å². The van der Waals surface area contributed by atoms with E-state index in [9.17, 15) is 0 Å². The van der Waals surface area contributed by atoms with Crippen LogP contribution in [0.3, 0.4) is 0 Å². The largest absolute Gasteiger partial charge is 0.328 e. The second-order valence-corrected chi connectivity index (χ2v) is 3.94. The Balaban J connectivity index is 0.000000346. The Morgan fingerprint density at radius 1 is 1.73 bits per heavy atom. The smallest absolute Gasteiger partial charge is 0.0791 e. The van der Waals surface area contributed by atoms with Crippen molar-refractivity contribution in [3.05, 3.63) is 21.9 Å². The van der Waals surface area contributed by atoms with Gasteiger partial charge in [0.15, 0.2) is 0 Å². The van der Waals surface area contributed by atoms with Crippen molar-refractivity contribution in [3.8, 4) is 0 Å². The van der Waals surface area contributed by atoms with Gasteiger partial charge in [-0.1, -0.05) is 6.42 Å². The number of aryl methyl sites for hydroxylation is 1. The Kier molecular flexibility index (Phi) is 9.11. The van der Waals surface area contributed by atoms with E-state index >= 15 is 0 Å². The van der Waals surface area contributed by atoms with Gasteiger partial charge in [-0.3, -0.25) is 5.26 Å². The van der Waals surface area contributed by atoms with Gasteiger partial charge in [0.25, 0.3) is 0 Å². The molecule has 1 aliphatic carbocycles. The van der Waals surface area contributed by atoms with Crippen molar-refractivity contribution < 1.29 is 41.3 Å². The molecular formula is C10H16NO2SU-. The maximum Gasteiger partial charge on any atom is 0.0791 e. The second kappa shape index (κ2) is 8.75. The first-order valence-corrected chi connectivity index (χ1v) is 5.64. The zero-order chi connectivity index (χ0) is 10.4. The monoisotopic (exact) mass is 452 g/mol. The Labute approximate surface area is 118 Å². The predicted molar refractivity (Wildman–Crippen MR) is 57.4 cm³/mol. The third-order valence-electron chi connectivity index (χ3n) is 2.15. The van der Waals surface area contributed by atoms with Crippen molar-refractivity contribution in [1.82, 2.24) is 0 Å². The van der Waals surface area contributed by atoms with E-state index in [1.165, 1.54) is 11.1 Å². The first-order valence-electron chi connectivity index (χ1n) is 4.76. The van der Waals surface area contributed by atoms with E-state index in [4.69, 9.17) is 11.0 Å². The first kappa shape index (κ1) is 15.6. The standard InChI is InChI=1S/C8H10NS.C2H6O2.U/c9-8-2-1-6-4-10-5-7(6)3-8;1-2-4-3;/h5,8H,1-3,9H2;3H,2H2,1H3;/q-1;;. The van der Waals surface area contributed by atoms with Crippen LogP contribution >= 0.6 is 11.3 Å². The van der Waals surface area contributed by atoms with Crippen molar-refractivity contribution >= 4 is 11.3 Å². The minimum Gasteiger partial charge on any atom is -0.328 e. The van der Waals surface area contributed by atoms with Gasteiger partial charge in [-0.05, 0) is 25.8 Å². The molecule has 84 valence electrons. The van der Waals surface area contributed by atoms with Crippen LogP contribution in [0.1, 0.15) is 24.5 Å². The van der Waals surface area contributed by atoms with Crippen molar-refractivity contribution in [2.45, 2.75) is 32.2 Å². The summed E-state index contributed by atoms with van der Waals surface area (Å²) < 4.78 is 0. The van der Waals surface area contributed by atoms with Gasteiger partial charge in [-0.15, -0.1) is 5.38 Å². The fourth-order valence-electron chi connectivity index (χ4n) is 1.41. The summed E-state index contributed by atoms with van der Waals surface area (Å²) in [4.78, 5) is 3.54. The van der Waals surface area contributed by atoms with Gasteiger partial charge >= 0.3 is 0 Å².